The van der Waals surface area contributed by atoms with Gasteiger partial charge in [0.1, 0.15) is 0 Å². The fourth-order valence-corrected chi connectivity index (χ4v) is 6.41. The fraction of sp³-hybridized carbons (Fsp3) is 0.312. The number of aryl methyl sites for hydroxylation is 2. The Morgan fingerprint density at radius 1 is 0.927 bits per heavy atom. The van der Waals surface area contributed by atoms with Crippen molar-refractivity contribution in [3.63, 3.8) is 0 Å². The zero-order valence-electron chi connectivity index (χ0n) is 22.9. The molecule has 4 aromatic rings. The lowest BCUT2D eigenvalue weighted by Crippen LogP contribution is -2.49. The lowest BCUT2D eigenvalue weighted by atomic mass is 10.0. The summed E-state index contributed by atoms with van der Waals surface area (Å²) in [7, 11) is 0. The second-order valence-electron chi connectivity index (χ2n) is 10.4. The third kappa shape index (κ3) is 7.16. The van der Waals surface area contributed by atoms with Gasteiger partial charge in [0.15, 0.2) is 0 Å². The molecule has 1 aliphatic heterocycles. The van der Waals surface area contributed by atoms with Gasteiger partial charge in [0.2, 0.25) is 0 Å². The summed E-state index contributed by atoms with van der Waals surface area (Å²) < 4.78 is 1.23. The molecule has 0 unspecified atom stereocenters. The molecule has 1 N–H and O–H groups in total. The van der Waals surface area contributed by atoms with E-state index in [2.05, 4.69) is 52.6 Å². The number of carboxylic acids is 1. The van der Waals surface area contributed by atoms with Gasteiger partial charge < -0.3 is 14.9 Å². The smallest absolute Gasteiger partial charge is 0.303 e. The number of para-hydroxylation sites is 1. The van der Waals surface area contributed by atoms with Crippen molar-refractivity contribution in [1.82, 2.24) is 14.9 Å². The van der Waals surface area contributed by atoms with Gasteiger partial charge in [-0.2, -0.15) is 0 Å². The largest absolute Gasteiger partial charge is 0.481 e. The van der Waals surface area contributed by atoms with Crippen molar-refractivity contribution >= 4 is 62.8 Å². The van der Waals surface area contributed by atoms with E-state index in [1.165, 1.54) is 14.8 Å². The molecule has 2 heterocycles. The highest BCUT2D eigenvalue weighted by Gasteiger charge is 2.24. The van der Waals surface area contributed by atoms with Crippen LogP contribution in [0.5, 0.6) is 0 Å². The molecule has 0 aliphatic carbocycles. The molecule has 3 aromatic carbocycles. The van der Waals surface area contributed by atoms with Gasteiger partial charge in [0, 0.05) is 53.2 Å². The summed E-state index contributed by atoms with van der Waals surface area (Å²) in [4.78, 5) is 38.7. The number of fused-ring (bicyclic) bond motifs is 1. The number of carbonyl (C=O) groups is 2. The van der Waals surface area contributed by atoms with Crippen LogP contribution in [0.25, 0.3) is 11.0 Å². The van der Waals surface area contributed by atoms with E-state index in [0.717, 1.165) is 35.6 Å². The first-order valence-corrected chi connectivity index (χ1v) is 15.3. The molecule has 5 rings (SSSR count). The maximum atomic E-state index is 13.5. The maximum absolute atomic E-state index is 13.5. The number of rotatable bonds is 9. The van der Waals surface area contributed by atoms with Crippen LogP contribution in [0.4, 0.5) is 5.69 Å². The number of nitrogens with zero attached hydrogens (tertiary/aromatic N) is 4. The Morgan fingerprint density at radius 3 is 2.37 bits per heavy atom. The number of piperazine rings is 1. The molecule has 41 heavy (non-hydrogen) atoms. The molecule has 1 saturated heterocycles. The van der Waals surface area contributed by atoms with E-state index in [1.54, 1.807) is 0 Å². The number of hydrogen-bond donors (Lipinski definition) is 1. The minimum atomic E-state index is -0.798. The summed E-state index contributed by atoms with van der Waals surface area (Å²) >= 11 is 8.45. The van der Waals surface area contributed by atoms with Gasteiger partial charge in [0.05, 0.1) is 28.1 Å². The van der Waals surface area contributed by atoms with Crippen LogP contribution < -0.4 is 4.90 Å². The van der Waals surface area contributed by atoms with Gasteiger partial charge in [-0.3, -0.25) is 9.59 Å². The van der Waals surface area contributed by atoms with Crippen LogP contribution in [-0.4, -0.2) is 58.0 Å². The van der Waals surface area contributed by atoms with Crippen LogP contribution in [0.2, 0.25) is 5.02 Å². The predicted molar refractivity (Wildman–Crippen MR) is 171 cm³/mol. The minimum absolute atomic E-state index is 0.001000. The Hall–Kier alpha value is -3.24. The number of halogens is 2. The summed E-state index contributed by atoms with van der Waals surface area (Å²) in [5.74, 6) is -0.797. The number of aliphatic carboxylic acids is 1. The van der Waals surface area contributed by atoms with Crippen LogP contribution in [0.3, 0.4) is 0 Å². The van der Waals surface area contributed by atoms with Crippen molar-refractivity contribution < 1.29 is 14.7 Å². The molecular weight excluding hydrogens is 651 g/mol. The van der Waals surface area contributed by atoms with E-state index < -0.39 is 5.97 Å². The Kier molecular flexibility index (Phi) is 9.39. The van der Waals surface area contributed by atoms with Crippen molar-refractivity contribution in [3.8, 4) is 0 Å². The predicted octanol–water partition coefficient (Wildman–Crippen LogP) is 6.55. The monoisotopic (exact) mass is 682 g/mol. The summed E-state index contributed by atoms with van der Waals surface area (Å²) in [6.07, 6.45) is 2.61. The zero-order chi connectivity index (χ0) is 28.9. The first kappa shape index (κ1) is 29.3. The fourth-order valence-electron chi connectivity index (χ4n) is 5.31. The highest BCUT2D eigenvalue weighted by Crippen LogP contribution is 2.28. The number of hydrogen-bond acceptors (Lipinski definition) is 5. The number of amides is 1. The molecule has 1 fully saturated rings. The second-order valence-corrected chi connectivity index (χ2v) is 12.0. The molecular formula is C32H32ClIN4O3. The van der Waals surface area contributed by atoms with Gasteiger partial charge in [0.25, 0.3) is 5.91 Å². The van der Waals surface area contributed by atoms with E-state index in [-0.39, 0.29) is 12.3 Å². The van der Waals surface area contributed by atoms with Gasteiger partial charge >= 0.3 is 5.97 Å². The van der Waals surface area contributed by atoms with Crippen molar-refractivity contribution in [2.45, 2.75) is 39.0 Å². The van der Waals surface area contributed by atoms with Crippen LogP contribution in [0, 0.1) is 10.5 Å². The molecule has 0 bridgehead atoms. The van der Waals surface area contributed by atoms with E-state index in [1.807, 2.05) is 47.4 Å². The minimum Gasteiger partial charge on any atom is -0.481 e. The summed E-state index contributed by atoms with van der Waals surface area (Å²) in [5.41, 5.74) is 7.29. The van der Waals surface area contributed by atoms with Gasteiger partial charge in [-0.05, 0) is 96.3 Å². The molecule has 1 aromatic heterocycles. The van der Waals surface area contributed by atoms with Crippen molar-refractivity contribution in [2.75, 3.05) is 31.1 Å². The van der Waals surface area contributed by atoms with Crippen LogP contribution in [0.15, 0.2) is 60.7 Å². The first-order chi connectivity index (χ1) is 19.8. The molecule has 1 amide bonds. The van der Waals surface area contributed by atoms with Crippen molar-refractivity contribution in [3.05, 3.63) is 97.3 Å². The van der Waals surface area contributed by atoms with Gasteiger partial charge in [-0.15, -0.1) is 0 Å². The molecule has 0 spiro atoms. The van der Waals surface area contributed by atoms with Crippen molar-refractivity contribution in [1.29, 1.82) is 0 Å². The molecule has 212 valence electrons. The standard InChI is InChI=1S/C32H32ClIN4O3/c1-21-5-4-6-25(34)31(21)37-15-17-38(18-16-37)32(41)23-11-14-27-29(20-23)35-26(7-2-3-8-30(39)40)28(36-27)19-22-9-12-24(33)13-10-22/h4-6,9-14,20H,2-3,7-8,15-19H2,1H3,(H,39,40). The molecule has 0 saturated carbocycles. The number of carboxylic acid groups (broad SMARTS) is 1. The SMILES string of the molecule is Cc1cccc(I)c1N1CCN(C(=O)c2ccc3nc(Cc4ccc(Cl)cc4)c(CCCCC(=O)O)nc3c2)CC1. The summed E-state index contributed by atoms with van der Waals surface area (Å²) in [6.45, 7) is 5.01. The topological polar surface area (TPSA) is 86.6 Å². The lowest BCUT2D eigenvalue weighted by molar-refractivity contribution is -0.137. The van der Waals surface area contributed by atoms with Crippen LogP contribution >= 0.6 is 34.2 Å². The summed E-state index contributed by atoms with van der Waals surface area (Å²) in [5, 5.41) is 9.71. The molecule has 1 aliphatic rings. The number of carbonyl (C=O) groups excluding carboxylic acids is 1. The second kappa shape index (κ2) is 13.2. The zero-order valence-corrected chi connectivity index (χ0v) is 25.9. The Labute approximate surface area is 258 Å². The van der Waals surface area contributed by atoms with Crippen LogP contribution in [-0.2, 0) is 17.6 Å². The summed E-state index contributed by atoms with van der Waals surface area (Å²) in [6, 6.07) is 19.6. The first-order valence-electron chi connectivity index (χ1n) is 13.8. The highest BCUT2D eigenvalue weighted by molar-refractivity contribution is 14.1. The highest BCUT2D eigenvalue weighted by atomic mass is 127. The normalized spacial score (nSPS) is 13.5. The third-order valence-corrected chi connectivity index (χ3v) is 8.60. The van der Waals surface area contributed by atoms with E-state index in [0.29, 0.717) is 54.9 Å². The Morgan fingerprint density at radius 2 is 1.66 bits per heavy atom. The average Bonchev–Trinajstić information content (AvgIpc) is 2.96. The number of anilines is 1. The van der Waals surface area contributed by atoms with E-state index in [4.69, 9.17) is 26.7 Å². The Bertz CT molecular complexity index is 1550. The Balaban J connectivity index is 1.35. The molecule has 9 heteroatoms. The van der Waals surface area contributed by atoms with Gasteiger partial charge in [-0.25, -0.2) is 9.97 Å². The number of benzene rings is 3. The quantitative estimate of drug-likeness (QED) is 0.159. The average molecular weight is 683 g/mol. The van der Waals surface area contributed by atoms with Gasteiger partial charge in [-0.1, -0.05) is 35.9 Å². The number of unbranched alkanes of at least 4 members (excludes halogenated alkanes) is 1. The van der Waals surface area contributed by atoms with Crippen molar-refractivity contribution in [2.24, 2.45) is 0 Å². The number of aromatic nitrogens is 2. The maximum Gasteiger partial charge on any atom is 0.303 e. The van der Waals surface area contributed by atoms with E-state index >= 15 is 0 Å². The third-order valence-electron chi connectivity index (χ3n) is 7.48. The molecule has 7 nitrogen and oxygen atoms in total. The van der Waals surface area contributed by atoms with Crippen LogP contribution in [0.1, 0.15) is 52.1 Å². The molecule has 0 radical (unpaired) electrons. The lowest BCUT2D eigenvalue weighted by Gasteiger charge is -2.37. The molecule has 0 atom stereocenters. The van der Waals surface area contributed by atoms with E-state index in [9.17, 15) is 9.59 Å².